The van der Waals surface area contributed by atoms with Gasteiger partial charge in [0.15, 0.2) is 0 Å². The van der Waals surface area contributed by atoms with Crippen molar-refractivity contribution in [2.75, 3.05) is 18.9 Å². The molecule has 0 aromatic heterocycles. The SMILES string of the molecule is C[C@H](c1cc(F)cc(F)c1)N(CC(=O)Nc1ccc2c(c1)C[C@@]1(C2)C(=O)NC(=O)N1C)C(=O)C1(C(F)(F)F)CCC1. The Bertz CT molecular complexity index is 1440. The second-order valence-electron chi connectivity index (χ2n) is 11.0. The third-order valence-electron chi connectivity index (χ3n) is 8.61. The van der Waals surface area contributed by atoms with E-state index < -0.39 is 77.9 Å². The van der Waals surface area contributed by atoms with Crippen LogP contribution in [0.3, 0.4) is 0 Å². The van der Waals surface area contributed by atoms with E-state index in [9.17, 15) is 41.1 Å². The van der Waals surface area contributed by atoms with Crippen LogP contribution in [0.15, 0.2) is 36.4 Å². The predicted octanol–water partition coefficient (Wildman–Crippen LogP) is 4.24. The predicted molar refractivity (Wildman–Crippen MR) is 135 cm³/mol. The number of nitrogens with zero attached hydrogens (tertiary/aromatic N) is 2. The lowest BCUT2D eigenvalue weighted by Gasteiger charge is -2.45. The number of rotatable bonds is 6. The Balaban J connectivity index is 1.39. The molecule has 2 aromatic carbocycles. The summed E-state index contributed by atoms with van der Waals surface area (Å²) in [5, 5.41) is 4.87. The Morgan fingerprint density at radius 3 is 2.22 bits per heavy atom. The number of carbonyl (C=O) groups excluding carboxylic acids is 4. The van der Waals surface area contributed by atoms with Crippen LogP contribution in [0.4, 0.5) is 32.4 Å². The molecule has 1 saturated carbocycles. The van der Waals surface area contributed by atoms with Crippen molar-refractivity contribution >= 4 is 29.4 Å². The number of hydrogen-bond donors (Lipinski definition) is 2. The summed E-state index contributed by atoms with van der Waals surface area (Å²) in [4.78, 5) is 53.1. The Kier molecular flexibility index (Phi) is 6.82. The van der Waals surface area contributed by atoms with Crippen molar-refractivity contribution < 1.29 is 41.1 Å². The quantitative estimate of drug-likeness (QED) is 0.396. The molecule has 41 heavy (non-hydrogen) atoms. The van der Waals surface area contributed by atoms with Gasteiger partial charge in [0, 0.05) is 31.6 Å². The lowest BCUT2D eigenvalue weighted by Crippen LogP contribution is -2.57. The minimum absolute atomic E-state index is 0.100. The van der Waals surface area contributed by atoms with E-state index in [0.29, 0.717) is 16.5 Å². The average molecular weight is 579 g/mol. The van der Waals surface area contributed by atoms with Crippen LogP contribution in [0.5, 0.6) is 0 Å². The molecule has 0 unspecified atom stereocenters. The smallest absolute Gasteiger partial charge is 0.326 e. The third-order valence-corrected chi connectivity index (χ3v) is 8.61. The number of carbonyl (C=O) groups is 4. The van der Waals surface area contributed by atoms with Crippen LogP contribution in [0.2, 0.25) is 0 Å². The van der Waals surface area contributed by atoms with E-state index in [4.69, 9.17) is 0 Å². The zero-order valence-electron chi connectivity index (χ0n) is 22.2. The molecule has 2 fully saturated rings. The Hall–Kier alpha value is -4.03. The number of anilines is 1. The number of benzene rings is 2. The van der Waals surface area contributed by atoms with Crippen molar-refractivity contribution in [2.24, 2.45) is 5.41 Å². The second kappa shape index (κ2) is 9.81. The highest BCUT2D eigenvalue weighted by molar-refractivity contribution is 6.07. The zero-order valence-corrected chi connectivity index (χ0v) is 22.2. The van der Waals surface area contributed by atoms with Crippen molar-refractivity contribution in [1.29, 1.82) is 0 Å². The van der Waals surface area contributed by atoms with Crippen molar-refractivity contribution in [3.05, 3.63) is 64.7 Å². The first-order chi connectivity index (χ1) is 19.2. The van der Waals surface area contributed by atoms with Crippen molar-refractivity contribution in [1.82, 2.24) is 15.1 Å². The van der Waals surface area contributed by atoms with Crippen LogP contribution in [-0.2, 0) is 27.2 Å². The zero-order chi connectivity index (χ0) is 29.9. The number of nitrogens with one attached hydrogen (secondary N) is 2. The fraction of sp³-hybridized carbons (Fsp3) is 0.429. The minimum atomic E-state index is -4.87. The molecular formula is C28H27F5N4O4. The summed E-state index contributed by atoms with van der Waals surface area (Å²) in [6, 6.07) is 5.46. The van der Waals surface area contributed by atoms with Gasteiger partial charge in [-0.3, -0.25) is 19.7 Å². The molecule has 8 nitrogen and oxygen atoms in total. The number of hydrogen-bond acceptors (Lipinski definition) is 4. The van der Waals surface area contributed by atoms with Crippen LogP contribution in [-0.4, -0.2) is 58.9 Å². The number of alkyl halides is 3. The minimum Gasteiger partial charge on any atom is -0.326 e. The molecule has 5 amide bonds. The standard InChI is InChI=1S/C28H27F5N4O4/c1-15(17-8-19(29)11-20(30)9-17)37(24(40)26(6-3-7-26)28(31,32)33)14-22(38)34-21-5-4-16-12-27(13-18(16)10-21)23(39)35-25(41)36(27)2/h4-5,8-11,15H,3,6-7,12-14H2,1-2H3,(H,34,38)(H,35,39,41)/t15-,27+/m1/s1. The average Bonchev–Trinajstić information content (AvgIpc) is 3.32. The number of halogens is 5. The summed E-state index contributed by atoms with van der Waals surface area (Å²) in [6.07, 6.45) is -5.14. The number of imide groups is 1. The van der Waals surface area contributed by atoms with E-state index in [-0.39, 0.29) is 30.5 Å². The molecule has 1 heterocycles. The molecule has 2 N–H and O–H groups in total. The summed E-state index contributed by atoms with van der Waals surface area (Å²) in [7, 11) is 1.52. The van der Waals surface area contributed by atoms with Gasteiger partial charge in [0.05, 0.1) is 6.04 Å². The largest absolute Gasteiger partial charge is 0.403 e. The summed E-state index contributed by atoms with van der Waals surface area (Å²) >= 11 is 0. The van der Waals surface area contributed by atoms with Gasteiger partial charge in [-0.15, -0.1) is 0 Å². The molecule has 0 bridgehead atoms. The maximum absolute atomic E-state index is 14.1. The van der Waals surface area contributed by atoms with Crippen LogP contribution >= 0.6 is 0 Å². The van der Waals surface area contributed by atoms with Gasteiger partial charge in [-0.2, -0.15) is 13.2 Å². The van der Waals surface area contributed by atoms with E-state index in [1.807, 2.05) is 0 Å². The van der Waals surface area contributed by atoms with Crippen LogP contribution in [0, 0.1) is 17.0 Å². The van der Waals surface area contributed by atoms with Crippen LogP contribution in [0.1, 0.15) is 48.9 Å². The Morgan fingerprint density at radius 1 is 1.05 bits per heavy atom. The number of urea groups is 1. The van der Waals surface area contributed by atoms with E-state index >= 15 is 0 Å². The number of fused-ring (bicyclic) bond motifs is 1. The highest BCUT2D eigenvalue weighted by Gasteiger charge is 2.65. The van der Waals surface area contributed by atoms with Crippen molar-refractivity contribution in [2.45, 2.75) is 56.8 Å². The van der Waals surface area contributed by atoms with E-state index in [1.54, 1.807) is 18.2 Å². The lowest BCUT2D eigenvalue weighted by atomic mass is 9.67. The van der Waals surface area contributed by atoms with Gasteiger partial charge < -0.3 is 15.1 Å². The third kappa shape index (κ3) is 4.70. The molecule has 5 rings (SSSR count). The Morgan fingerprint density at radius 2 is 1.68 bits per heavy atom. The number of likely N-dealkylation sites (N-methyl/N-ethyl adjacent to an activating group) is 1. The summed E-state index contributed by atoms with van der Waals surface area (Å²) in [5.74, 6) is -4.54. The van der Waals surface area contributed by atoms with Gasteiger partial charge in [0.2, 0.25) is 11.8 Å². The first-order valence-electron chi connectivity index (χ1n) is 13.0. The highest BCUT2D eigenvalue weighted by Crippen LogP contribution is 2.54. The molecule has 1 spiro atoms. The lowest BCUT2D eigenvalue weighted by molar-refractivity contribution is -0.249. The fourth-order valence-corrected chi connectivity index (χ4v) is 5.94. The van der Waals surface area contributed by atoms with Crippen LogP contribution < -0.4 is 10.6 Å². The Labute approximate surface area is 231 Å². The summed E-state index contributed by atoms with van der Waals surface area (Å²) in [6.45, 7) is 0.498. The highest BCUT2D eigenvalue weighted by atomic mass is 19.4. The van der Waals surface area contributed by atoms with Gasteiger partial charge in [-0.25, -0.2) is 13.6 Å². The molecule has 0 radical (unpaired) electrons. The molecule has 2 aromatic rings. The van der Waals surface area contributed by atoms with E-state index in [1.165, 1.54) is 18.9 Å². The van der Waals surface area contributed by atoms with Crippen molar-refractivity contribution in [3.8, 4) is 0 Å². The molecule has 1 aliphatic heterocycles. The first-order valence-corrected chi connectivity index (χ1v) is 13.0. The van der Waals surface area contributed by atoms with Gasteiger partial charge in [-0.1, -0.05) is 12.5 Å². The second-order valence-corrected chi connectivity index (χ2v) is 11.0. The van der Waals surface area contributed by atoms with Crippen molar-refractivity contribution in [3.63, 3.8) is 0 Å². The molecule has 13 heteroatoms. The van der Waals surface area contributed by atoms with Crippen LogP contribution in [0.25, 0.3) is 0 Å². The summed E-state index contributed by atoms with van der Waals surface area (Å²) in [5.41, 5.74) is -2.12. The fourth-order valence-electron chi connectivity index (χ4n) is 5.94. The van der Waals surface area contributed by atoms with Gasteiger partial charge in [0.1, 0.15) is 29.1 Å². The van der Waals surface area contributed by atoms with E-state index in [0.717, 1.165) is 17.7 Å². The normalized spacial score (nSPS) is 21.8. The maximum atomic E-state index is 14.1. The maximum Gasteiger partial charge on any atom is 0.403 e. The summed E-state index contributed by atoms with van der Waals surface area (Å²) < 4.78 is 70.1. The molecule has 2 aliphatic carbocycles. The molecule has 1 saturated heterocycles. The van der Waals surface area contributed by atoms with Gasteiger partial charge >= 0.3 is 12.2 Å². The molecule has 218 valence electrons. The van der Waals surface area contributed by atoms with Gasteiger partial charge in [0.25, 0.3) is 5.91 Å². The molecule has 2 atom stereocenters. The molecular weight excluding hydrogens is 551 g/mol. The first kappa shape index (κ1) is 28.5. The van der Waals surface area contributed by atoms with E-state index in [2.05, 4.69) is 10.6 Å². The number of amides is 5. The topological polar surface area (TPSA) is 98.8 Å². The monoisotopic (exact) mass is 578 g/mol. The molecule has 3 aliphatic rings. The van der Waals surface area contributed by atoms with Gasteiger partial charge in [-0.05, 0) is 60.7 Å².